The summed E-state index contributed by atoms with van der Waals surface area (Å²) in [5.74, 6) is -1.84. The number of carbonyl (C=O) groups is 2. The normalized spacial score (nSPS) is 20.0. The van der Waals surface area contributed by atoms with E-state index >= 15 is 0 Å². The third-order valence-corrected chi connectivity index (χ3v) is 6.12. The smallest absolute Gasteiger partial charge is 0.339 e. The number of hydrogen-bond donors (Lipinski definition) is 0. The Bertz CT molecular complexity index is 799. The SMILES string of the molecule is O=C(OC[C@@H]1[C@@H](COC(=O)c2ccccc2Cl)C1(Cl)Cl)c1ccccc1Cl. The zero-order chi connectivity index (χ0) is 19.6. The molecule has 0 unspecified atom stereocenters. The summed E-state index contributed by atoms with van der Waals surface area (Å²) >= 11 is 24.4. The van der Waals surface area contributed by atoms with Gasteiger partial charge in [0.25, 0.3) is 0 Å². The first-order valence-electron chi connectivity index (χ1n) is 8.03. The summed E-state index contributed by atoms with van der Waals surface area (Å²) in [5, 5.41) is 0.595. The van der Waals surface area contributed by atoms with Gasteiger partial charge < -0.3 is 9.47 Å². The Kier molecular flexibility index (Phi) is 6.21. The summed E-state index contributed by atoms with van der Waals surface area (Å²) < 4.78 is 9.37. The van der Waals surface area contributed by atoms with Crippen molar-refractivity contribution in [1.82, 2.24) is 0 Å². The fourth-order valence-electron chi connectivity index (χ4n) is 2.66. The van der Waals surface area contributed by atoms with Gasteiger partial charge in [0.05, 0.1) is 34.4 Å². The topological polar surface area (TPSA) is 52.6 Å². The maximum absolute atomic E-state index is 12.1. The highest BCUT2D eigenvalue weighted by Crippen LogP contribution is 2.59. The Morgan fingerprint density at radius 3 is 1.52 bits per heavy atom. The molecule has 2 atom stereocenters. The van der Waals surface area contributed by atoms with Gasteiger partial charge in [0, 0.05) is 11.8 Å². The highest BCUT2D eigenvalue weighted by molar-refractivity contribution is 6.51. The van der Waals surface area contributed by atoms with E-state index in [1.165, 1.54) is 0 Å². The van der Waals surface area contributed by atoms with E-state index < -0.39 is 16.3 Å². The van der Waals surface area contributed by atoms with Gasteiger partial charge in [0.15, 0.2) is 0 Å². The van der Waals surface area contributed by atoms with E-state index in [-0.39, 0.29) is 36.2 Å². The van der Waals surface area contributed by atoms with Crippen molar-refractivity contribution in [3.8, 4) is 0 Å². The molecule has 0 spiro atoms. The minimum atomic E-state index is -1.14. The molecule has 1 aliphatic carbocycles. The van der Waals surface area contributed by atoms with Gasteiger partial charge in [-0.1, -0.05) is 47.5 Å². The minimum absolute atomic E-state index is 0.00856. The molecule has 0 radical (unpaired) electrons. The summed E-state index contributed by atoms with van der Waals surface area (Å²) in [6, 6.07) is 13.1. The summed E-state index contributed by atoms with van der Waals surface area (Å²) in [6.07, 6.45) is 0. The van der Waals surface area contributed by atoms with Crippen LogP contribution in [0.25, 0.3) is 0 Å². The molecule has 0 heterocycles. The van der Waals surface area contributed by atoms with Crippen LogP contribution in [0, 0.1) is 11.8 Å². The molecule has 0 aliphatic heterocycles. The molecule has 4 nitrogen and oxygen atoms in total. The standard InChI is InChI=1S/C19H14Cl4O4/c20-15-7-3-1-5-11(15)17(24)26-9-13-14(19(13,22)23)10-27-18(25)12-6-2-4-8-16(12)21/h1-8,13-14H,9-10H2/t13-,14-/m1/s1. The number of alkyl halides is 2. The second-order valence-corrected chi connectivity index (χ2v) is 8.30. The third kappa shape index (κ3) is 4.52. The number of halogens is 4. The first kappa shape index (κ1) is 20.3. The number of carbonyl (C=O) groups excluding carboxylic acids is 2. The lowest BCUT2D eigenvalue weighted by Crippen LogP contribution is -2.12. The number of hydrogen-bond acceptors (Lipinski definition) is 4. The van der Waals surface area contributed by atoms with Gasteiger partial charge in [-0.3, -0.25) is 0 Å². The van der Waals surface area contributed by atoms with Gasteiger partial charge in [-0.15, -0.1) is 23.2 Å². The van der Waals surface area contributed by atoms with Crippen molar-refractivity contribution in [2.45, 2.75) is 4.33 Å². The summed E-state index contributed by atoms with van der Waals surface area (Å²) in [5.41, 5.74) is 0.521. The summed E-state index contributed by atoms with van der Waals surface area (Å²) in [4.78, 5) is 24.2. The predicted molar refractivity (Wildman–Crippen MR) is 105 cm³/mol. The van der Waals surface area contributed by atoms with Crippen LogP contribution in [0.15, 0.2) is 48.5 Å². The van der Waals surface area contributed by atoms with Crippen LogP contribution in [0.5, 0.6) is 0 Å². The average molecular weight is 448 g/mol. The van der Waals surface area contributed by atoms with Crippen molar-refractivity contribution in [2.24, 2.45) is 11.8 Å². The largest absolute Gasteiger partial charge is 0.462 e. The van der Waals surface area contributed by atoms with Crippen LogP contribution in [0.3, 0.4) is 0 Å². The average Bonchev–Trinajstić information content (AvgIpc) is 3.17. The monoisotopic (exact) mass is 446 g/mol. The zero-order valence-corrected chi connectivity index (χ0v) is 16.9. The van der Waals surface area contributed by atoms with Crippen LogP contribution in [0.1, 0.15) is 20.7 Å². The van der Waals surface area contributed by atoms with E-state index in [4.69, 9.17) is 55.9 Å². The Morgan fingerprint density at radius 1 is 0.778 bits per heavy atom. The molecule has 1 fully saturated rings. The number of ether oxygens (including phenoxy) is 2. The Balaban J connectivity index is 1.53. The van der Waals surface area contributed by atoms with E-state index in [1.54, 1.807) is 48.5 Å². The fraction of sp³-hybridized carbons (Fsp3) is 0.263. The third-order valence-electron chi connectivity index (χ3n) is 4.34. The molecule has 8 heteroatoms. The highest BCUT2D eigenvalue weighted by Gasteiger charge is 2.64. The molecule has 1 aliphatic rings. The van der Waals surface area contributed by atoms with Crippen molar-refractivity contribution >= 4 is 58.3 Å². The quantitative estimate of drug-likeness (QED) is 0.437. The zero-order valence-electron chi connectivity index (χ0n) is 13.8. The highest BCUT2D eigenvalue weighted by atomic mass is 35.5. The molecule has 2 aromatic rings. The van der Waals surface area contributed by atoms with E-state index in [9.17, 15) is 9.59 Å². The van der Waals surface area contributed by atoms with Crippen LogP contribution in [0.4, 0.5) is 0 Å². The van der Waals surface area contributed by atoms with E-state index in [1.807, 2.05) is 0 Å². The Morgan fingerprint density at radius 2 is 1.15 bits per heavy atom. The maximum atomic E-state index is 12.1. The van der Waals surface area contributed by atoms with E-state index in [0.29, 0.717) is 10.0 Å². The van der Waals surface area contributed by atoms with Gasteiger partial charge in [-0.05, 0) is 24.3 Å². The Hall–Kier alpha value is -1.46. The van der Waals surface area contributed by atoms with Crippen molar-refractivity contribution in [3.05, 3.63) is 69.7 Å². The Labute approximate surface area is 176 Å². The van der Waals surface area contributed by atoms with E-state index in [2.05, 4.69) is 0 Å². The summed E-state index contributed by atoms with van der Waals surface area (Å²) in [6.45, 7) is -0.0171. The maximum Gasteiger partial charge on any atom is 0.339 e. The number of benzene rings is 2. The molecule has 3 rings (SSSR count). The van der Waals surface area contributed by atoms with Gasteiger partial charge in [-0.25, -0.2) is 9.59 Å². The molecule has 142 valence electrons. The van der Waals surface area contributed by atoms with Crippen LogP contribution in [-0.2, 0) is 9.47 Å². The first-order chi connectivity index (χ1) is 12.8. The second kappa shape index (κ2) is 8.27. The number of rotatable bonds is 6. The van der Waals surface area contributed by atoms with E-state index in [0.717, 1.165) is 0 Å². The lowest BCUT2D eigenvalue weighted by molar-refractivity contribution is 0.0419. The van der Waals surface area contributed by atoms with Crippen LogP contribution in [0.2, 0.25) is 10.0 Å². The fourth-order valence-corrected chi connectivity index (χ4v) is 3.82. The van der Waals surface area contributed by atoms with Gasteiger partial charge in [0.1, 0.15) is 4.33 Å². The van der Waals surface area contributed by atoms with Crippen LogP contribution in [-0.4, -0.2) is 29.5 Å². The van der Waals surface area contributed by atoms with Crippen molar-refractivity contribution in [2.75, 3.05) is 13.2 Å². The van der Waals surface area contributed by atoms with Gasteiger partial charge >= 0.3 is 11.9 Å². The molecule has 27 heavy (non-hydrogen) atoms. The molecule has 0 bridgehead atoms. The molecule has 1 saturated carbocycles. The molecule has 0 N–H and O–H groups in total. The first-order valence-corrected chi connectivity index (χ1v) is 9.54. The van der Waals surface area contributed by atoms with Crippen molar-refractivity contribution in [1.29, 1.82) is 0 Å². The second-order valence-electron chi connectivity index (χ2n) is 6.04. The van der Waals surface area contributed by atoms with Crippen LogP contribution < -0.4 is 0 Å². The molecular weight excluding hydrogens is 434 g/mol. The molecule has 0 aromatic heterocycles. The van der Waals surface area contributed by atoms with Gasteiger partial charge in [0.2, 0.25) is 0 Å². The minimum Gasteiger partial charge on any atom is -0.462 e. The molecule has 0 saturated heterocycles. The molecule has 2 aromatic carbocycles. The summed E-state index contributed by atoms with van der Waals surface area (Å²) in [7, 11) is 0. The molecular formula is C19H14Cl4O4. The lowest BCUT2D eigenvalue weighted by atomic mass is 10.2. The lowest BCUT2D eigenvalue weighted by Gasteiger charge is -2.07. The predicted octanol–water partition coefficient (Wildman–Crippen LogP) is 5.43. The van der Waals surface area contributed by atoms with Crippen molar-refractivity contribution in [3.63, 3.8) is 0 Å². The number of esters is 2. The van der Waals surface area contributed by atoms with Crippen molar-refractivity contribution < 1.29 is 19.1 Å². The molecule has 0 amide bonds. The van der Waals surface area contributed by atoms with Crippen LogP contribution >= 0.6 is 46.4 Å². The van der Waals surface area contributed by atoms with Gasteiger partial charge in [-0.2, -0.15) is 0 Å².